The van der Waals surface area contributed by atoms with E-state index in [2.05, 4.69) is 27.8 Å². The summed E-state index contributed by atoms with van der Waals surface area (Å²) < 4.78 is 31.6. The third-order valence-electron chi connectivity index (χ3n) is 4.75. The molecule has 0 heterocycles. The molecule has 0 saturated heterocycles. The van der Waals surface area contributed by atoms with Gasteiger partial charge in [-0.25, -0.2) is 0 Å². The Bertz CT molecular complexity index is 682. The van der Waals surface area contributed by atoms with E-state index in [0.717, 1.165) is 12.8 Å². The maximum absolute atomic E-state index is 11.7. The van der Waals surface area contributed by atoms with E-state index in [9.17, 15) is 19.2 Å². The lowest BCUT2D eigenvalue weighted by Crippen LogP contribution is -2.32. The van der Waals surface area contributed by atoms with Crippen LogP contribution in [0.2, 0.25) is 0 Å². The maximum atomic E-state index is 11.7. The van der Waals surface area contributed by atoms with Crippen molar-refractivity contribution in [2.75, 3.05) is 105 Å². The van der Waals surface area contributed by atoms with E-state index in [4.69, 9.17) is 28.4 Å². The first kappa shape index (κ1) is 37.4. The highest BCUT2D eigenvalue weighted by Crippen LogP contribution is 1.87. The highest BCUT2D eigenvalue weighted by molar-refractivity contribution is 5.77. The summed E-state index contributed by atoms with van der Waals surface area (Å²) in [6.45, 7) is 9.64. The van der Waals surface area contributed by atoms with Gasteiger partial charge in [0.1, 0.15) is 19.8 Å². The molecule has 0 aliphatic rings. The van der Waals surface area contributed by atoms with Gasteiger partial charge in [0.25, 0.3) is 0 Å². The smallest absolute Gasteiger partial charge is 0.246 e. The molecule has 0 aromatic rings. The summed E-state index contributed by atoms with van der Waals surface area (Å²) in [6, 6.07) is 0. The van der Waals surface area contributed by atoms with Crippen molar-refractivity contribution >= 4 is 23.6 Å². The van der Waals surface area contributed by atoms with E-state index in [0.29, 0.717) is 65.6 Å². The molecule has 14 heteroatoms. The van der Waals surface area contributed by atoms with Crippen molar-refractivity contribution in [1.82, 2.24) is 21.3 Å². The molecule has 0 rings (SSSR count). The van der Waals surface area contributed by atoms with Crippen molar-refractivity contribution in [2.45, 2.75) is 26.2 Å². The second-order valence-corrected chi connectivity index (χ2v) is 8.18. The Morgan fingerprint density at radius 2 is 0.875 bits per heavy atom. The van der Waals surface area contributed by atoms with E-state index < -0.39 is 0 Å². The molecule has 0 aromatic heterocycles. The van der Waals surface area contributed by atoms with Crippen LogP contribution in [0, 0.1) is 0 Å². The number of hydrogen-bond donors (Lipinski definition) is 4. The van der Waals surface area contributed by atoms with E-state index in [1.165, 1.54) is 0 Å². The van der Waals surface area contributed by atoms with Gasteiger partial charge in [0.05, 0.1) is 59.5 Å². The van der Waals surface area contributed by atoms with Crippen molar-refractivity contribution in [2.24, 2.45) is 0 Å². The standard InChI is InChI=1S/C26H48N4O10/c1-3-5-6-7-27-24(32)20-38-17-15-36-12-9-29-26(34)22-40-19-16-37-13-10-30-25(33)21-39-18-14-35-11-8-28-23(31)4-2/h3H,1,4-22H2,2H3,(H,27,32)(H,28,31)(H,29,34)(H,30,33). The van der Waals surface area contributed by atoms with Crippen LogP contribution in [0.3, 0.4) is 0 Å². The summed E-state index contributed by atoms with van der Waals surface area (Å²) in [5, 5.41) is 10.8. The predicted octanol–water partition coefficient (Wildman–Crippen LogP) is -1.07. The molecule has 0 fully saturated rings. The molecule has 4 amide bonds. The molecule has 232 valence electrons. The number of amides is 4. The van der Waals surface area contributed by atoms with Crippen LogP contribution in [0.25, 0.3) is 0 Å². The third-order valence-corrected chi connectivity index (χ3v) is 4.75. The SMILES string of the molecule is C=CCCCNC(=O)COCCOCCNC(=O)COCCOCCNC(=O)COCCOCCNC(=O)CC. The molecule has 0 atom stereocenters. The minimum atomic E-state index is -0.270. The number of hydrogen-bond acceptors (Lipinski definition) is 10. The fraction of sp³-hybridized carbons (Fsp3) is 0.769. The number of ether oxygens (including phenoxy) is 6. The molecule has 0 spiro atoms. The molecular formula is C26H48N4O10. The van der Waals surface area contributed by atoms with Crippen molar-refractivity contribution in [1.29, 1.82) is 0 Å². The minimum absolute atomic E-state index is 0.0143. The number of carbonyl (C=O) groups is 4. The van der Waals surface area contributed by atoms with Crippen LogP contribution in [0.1, 0.15) is 26.2 Å². The largest absolute Gasteiger partial charge is 0.377 e. The Hall–Kier alpha value is -2.62. The van der Waals surface area contributed by atoms with Gasteiger partial charge in [-0.05, 0) is 12.8 Å². The lowest BCUT2D eigenvalue weighted by molar-refractivity contribution is -0.127. The first-order chi connectivity index (χ1) is 19.5. The molecule has 0 radical (unpaired) electrons. The number of nitrogens with one attached hydrogen (secondary N) is 4. The van der Waals surface area contributed by atoms with E-state index in [1.807, 2.05) is 0 Å². The molecule has 40 heavy (non-hydrogen) atoms. The van der Waals surface area contributed by atoms with Crippen molar-refractivity contribution in [3.8, 4) is 0 Å². The number of rotatable bonds is 29. The Kier molecular flexibility index (Phi) is 27.4. The highest BCUT2D eigenvalue weighted by Gasteiger charge is 2.03. The fourth-order valence-corrected chi connectivity index (χ4v) is 2.69. The topological polar surface area (TPSA) is 172 Å². The highest BCUT2D eigenvalue weighted by atomic mass is 16.5. The van der Waals surface area contributed by atoms with Gasteiger partial charge in [-0.15, -0.1) is 6.58 Å². The predicted molar refractivity (Wildman–Crippen MR) is 147 cm³/mol. The van der Waals surface area contributed by atoms with Gasteiger partial charge in [-0.3, -0.25) is 19.2 Å². The van der Waals surface area contributed by atoms with Crippen molar-refractivity contribution < 1.29 is 47.6 Å². The molecule has 0 bridgehead atoms. The summed E-state index contributed by atoms with van der Waals surface area (Å²) >= 11 is 0. The Morgan fingerprint density at radius 1 is 0.525 bits per heavy atom. The fourth-order valence-electron chi connectivity index (χ4n) is 2.69. The summed E-state index contributed by atoms with van der Waals surface area (Å²) in [6.07, 6.45) is 3.95. The zero-order valence-electron chi connectivity index (χ0n) is 23.8. The van der Waals surface area contributed by atoms with Gasteiger partial charge < -0.3 is 49.7 Å². The average Bonchev–Trinajstić information content (AvgIpc) is 2.95. The second-order valence-electron chi connectivity index (χ2n) is 8.18. The third kappa shape index (κ3) is 28.4. The van der Waals surface area contributed by atoms with Gasteiger partial charge >= 0.3 is 0 Å². The van der Waals surface area contributed by atoms with E-state index >= 15 is 0 Å². The Labute approximate surface area is 237 Å². The van der Waals surface area contributed by atoms with Gasteiger partial charge in [0.2, 0.25) is 23.6 Å². The first-order valence-corrected chi connectivity index (χ1v) is 13.6. The molecule has 0 aliphatic heterocycles. The van der Waals surface area contributed by atoms with Crippen LogP contribution in [0.4, 0.5) is 0 Å². The average molecular weight is 577 g/mol. The zero-order chi connectivity index (χ0) is 29.5. The normalized spacial score (nSPS) is 10.6. The summed E-state index contributed by atoms with van der Waals surface area (Å²) in [5.41, 5.74) is 0. The van der Waals surface area contributed by atoms with Crippen LogP contribution >= 0.6 is 0 Å². The van der Waals surface area contributed by atoms with E-state index in [1.54, 1.807) is 13.0 Å². The molecule has 0 unspecified atom stereocenters. The molecule has 0 saturated carbocycles. The van der Waals surface area contributed by atoms with Gasteiger partial charge in [0, 0.05) is 32.6 Å². The molecule has 14 nitrogen and oxygen atoms in total. The Balaban J connectivity index is 3.34. The zero-order valence-corrected chi connectivity index (χ0v) is 23.8. The number of allylic oxidation sites excluding steroid dienone is 1. The van der Waals surface area contributed by atoms with Crippen LogP contribution in [0.5, 0.6) is 0 Å². The summed E-state index contributed by atoms with van der Waals surface area (Å²) in [7, 11) is 0. The number of unbranched alkanes of at least 4 members (excludes halogenated alkanes) is 1. The maximum Gasteiger partial charge on any atom is 0.246 e. The van der Waals surface area contributed by atoms with Crippen molar-refractivity contribution in [3.05, 3.63) is 12.7 Å². The quantitative estimate of drug-likeness (QED) is 0.0635. The summed E-state index contributed by atoms with van der Waals surface area (Å²) in [5.74, 6) is -0.723. The summed E-state index contributed by atoms with van der Waals surface area (Å²) in [4.78, 5) is 45.9. The second kappa shape index (κ2) is 29.4. The molecular weight excluding hydrogens is 528 g/mol. The minimum Gasteiger partial charge on any atom is -0.377 e. The molecule has 0 aliphatic carbocycles. The first-order valence-electron chi connectivity index (χ1n) is 13.6. The number of carbonyl (C=O) groups excluding carboxylic acids is 4. The van der Waals surface area contributed by atoms with Crippen LogP contribution in [-0.4, -0.2) is 129 Å². The molecule has 0 aromatic carbocycles. The molecule has 4 N–H and O–H groups in total. The monoisotopic (exact) mass is 576 g/mol. The lowest BCUT2D eigenvalue weighted by atomic mass is 10.3. The van der Waals surface area contributed by atoms with Gasteiger partial charge in [-0.1, -0.05) is 13.0 Å². The van der Waals surface area contributed by atoms with Crippen molar-refractivity contribution in [3.63, 3.8) is 0 Å². The van der Waals surface area contributed by atoms with Crippen LogP contribution in [-0.2, 0) is 47.6 Å². The van der Waals surface area contributed by atoms with E-state index in [-0.39, 0.29) is 69.9 Å². The van der Waals surface area contributed by atoms with Gasteiger partial charge in [0.15, 0.2) is 0 Å². The van der Waals surface area contributed by atoms with Crippen LogP contribution in [0.15, 0.2) is 12.7 Å². The van der Waals surface area contributed by atoms with Gasteiger partial charge in [-0.2, -0.15) is 0 Å². The Morgan fingerprint density at radius 3 is 1.25 bits per heavy atom. The lowest BCUT2D eigenvalue weighted by Gasteiger charge is -2.09. The van der Waals surface area contributed by atoms with Crippen LogP contribution < -0.4 is 21.3 Å².